The topological polar surface area (TPSA) is 27.7 Å². The van der Waals surface area contributed by atoms with E-state index in [9.17, 15) is 0 Å². The van der Waals surface area contributed by atoms with Crippen LogP contribution in [0.3, 0.4) is 0 Å². The Morgan fingerprint density at radius 1 is 1.00 bits per heavy atom. The van der Waals surface area contributed by atoms with E-state index < -0.39 is 0 Å². The van der Waals surface area contributed by atoms with Crippen molar-refractivity contribution >= 4 is 11.8 Å². The van der Waals surface area contributed by atoms with E-state index in [0.29, 0.717) is 23.0 Å². The minimum absolute atomic E-state index is 0.120. The number of hydrogen-bond acceptors (Lipinski definition) is 4. The van der Waals surface area contributed by atoms with Crippen LogP contribution in [0, 0.1) is 5.92 Å². The molecule has 2 saturated heterocycles. The molecule has 0 aromatic carbocycles. The van der Waals surface area contributed by atoms with Crippen LogP contribution in [-0.2, 0) is 14.2 Å². The Morgan fingerprint density at radius 2 is 1.67 bits per heavy atom. The SMILES string of the molecule is CC(C)OC1CO[C@@H]2C(SC(C)C(C)C)CO[C@H]12. The lowest BCUT2D eigenvalue weighted by molar-refractivity contribution is -0.0567. The second-order valence-electron chi connectivity index (χ2n) is 5.94. The van der Waals surface area contributed by atoms with Gasteiger partial charge in [0, 0.05) is 5.25 Å². The van der Waals surface area contributed by atoms with E-state index in [-0.39, 0.29) is 24.4 Å². The van der Waals surface area contributed by atoms with E-state index in [0.717, 1.165) is 6.61 Å². The van der Waals surface area contributed by atoms with Gasteiger partial charge in [0.15, 0.2) is 0 Å². The second-order valence-corrected chi connectivity index (χ2v) is 7.56. The van der Waals surface area contributed by atoms with Crippen molar-refractivity contribution in [3.05, 3.63) is 0 Å². The summed E-state index contributed by atoms with van der Waals surface area (Å²) in [6, 6.07) is 0. The maximum atomic E-state index is 5.91. The molecule has 0 aromatic rings. The Bertz CT molecular complexity index is 270. The van der Waals surface area contributed by atoms with Crippen LogP contribution >= 0.6 is 11.8 Å². The first-order valence-corrected chi connectivity index (χ1v) is 7.97. The van der Waals surface area contributed by atoms with Crippen LogP contribution in [0.4, 0.5) is 0 Å². The van der Waals surface area contributed by atoms with Crippen LogP contribution < -0.4 is 0 Å². The van der Waals surface area contributed by atoms with Gasteiger partial charge >= 0.3 is 0 Å². The summed E-state index contributed by atoms with van der Waals surface area (Å²) in [7, 11) is 0. The van der Waals surface area contributed by atoms with Gasteiger partial charge in [-0.3, -0.25) is 0 Å². The fraction of sp³-hybridized carbons (Fsp3) is 1.00. The highest BCUT2D eigenvalue weighted by Gasteiger charge is 2.49. The van der Waals surface area contributed by atoms with Crippen LogP contribution in [0.2, 0.25) is 0 Å². The second kappa shape index (κ2) is 6.12. The molecule has 2 aliphatic heterocycles. The summed E-state index contributed by atoms with van der Waals surface area (Å²) in [6.07, 6.45) is 0.724. The highest BCUT2D eigenvalue weighted by Crippen LogP contribution is 2.38. The molecule has 2 fully saturated rings. The zero-order valence-corrected chi connectivity index (χ0v) is 12.9. The molecule has 4 heteroatoms. The quantitative estimate of drug-likeness (QED) is 0.770. The summed E-state index contributed by atoms with van der Waals surface area (Å²) in [5.74, 6) is 0.693. The molecule has 5 atom stereocenters. The summed E-state index contributed by atoms with van der Waals surface area (Å²) >= 11 is 2.01. The van der Waals surface area contributed by atoms with Crippen molar-refractivity contribution in [1.29, 1.82) is 0 Å². The number of ether oxygens (including phenoxy) is 3. The Kier molecular flexibility index (Phi) is 4.98. The molecular weight excluding hydrogens is 248 g/mol. The van der Waals surface area contributed by atoms with Crippen LogP contribution in [-0.4, -0.2) is 48.1 Å². The summed E-state index contributed by atoms with van der Waals surface area (Å²) in [5.41, 5.74) is 0. The van der Waals surface area contributed by atoms with E-state index in [4.69, 9.17) is 14.2 Å². The van der Waals surface area contributed by atoms with E-state index in [1.54, 1.807) is 0 Å². The summed E-state index contributed by atoms with van der Waals surface area (Å²) < 4.78 is 17.7. The number of thioether (sulfide) groups is 1. The Morgan fingerprint density at radius 3 is 2.28 bits per heavy atom. The minimum atomic E-state index is 0.120. The standard InChI is InChI=1S/C14H26O3S/c1-8(2)10(5)18-12-7-16-13-11(17-9(3)4)6-15-14(12)13/h8-14H,6-7H2,1-5H3/t10?,11?,12?,13-,14-/m1/s1. The number of hydrogen-bond donors (Lipinski definition) is 0. The van der Waals surface area contributed by atoms with Crippen molar-refractivity contribution < 1.29 is 14.2 Å². The van der Waals surface area contributed by atoms with Gasteiger partial charge in [-0.05, 0) is 19.8 Å². The highest BCUT2D eigenvalue weighted by molar-refractivity contribution is 8.00. The van der Waals surface area contributed by atoms with Gasteiger partial charge < -0.3 is 14.2 Å². The molecule has 18 heavy (non-hydrogen) atoms. The highest BCUT2D eigenvalue weighted by atomic mass is 32.2. The summed E-state index contributed by atoms with van der Waals surface area (Å²) in [5, 5.41) is 1.11. The minimum Gasteiger partial charge on any atom is -0.371 e. The molecule has 3 nitrogen and oxygen atoms in total. The van der Waals surface area contributed by atoms with Gasteiger partial charge in [-0.15, -0.1) is 11.8 Å². The average Bonchev–Trinajstić information content (AvgIpc) is 2.82. The van der Waals surface area contributed by atoms with Crippen molar-refractivity contribution in [1.82, 2.24) is 0 Å². The zero-order chi connectivity index (χ0) is 13.3. The summed E-state index contributed by atoms with van der Waals surface area (Å²) in [6.45, 7) is 12.4. The predicted octanol–water partition coefficient (Wildman–Crippen LogP) is 2.72. The zero-order valence-electron chi connectivity index (χ0n) is 12.1. The lowest BCUT2D eigenvalue weighted by atomic mass is 10.1. The van der Waals surface area contributed by atoms with Crippen LogP contribution in [0.1, 0.15) is 34.6 Å². The number of rotatable bonds is 5. The van der Waals surface area contributed by atoms with Gasteiger partial charge in [0.2, 0.25) is 0 Å². The Labute approximate surface area is 115 Å². The molecule has 0 aromatic heterocycles. The molecule has 0 saturated carbocycles. The molecule has 0 amide bonds. The third-order valence-corrected chi connectivity index (χ3v) is 5.47. The van der Waals surface area contributed by atoms with E-state index in [2.05, 4.69) is 34.6 Å². The summed E-state index contributed by atoms with van der Waals surface area (Å²) in [4.78, 5) is 0. The van der Waals surface area contributed by atoms with Gasteiger partial charge in [0.25, 0.3) is 0 Å². The Hall–Kier alpha value is 0.230. The largest absolute Gasteiger partial charge is 0.371 e. The molecule has 0 aliphatic carbocycles. The molecule has 3 unspecified atom stereocenters. The molecule has 0 radical (unpaired) electrons. The molecule has 0 spiro atoms. The maximum Gasteiger partial charge on any atom is 0.113 e. The predicted molar refractivity (Wildman–Crippen MR) is 75.2 cm³/mol. The monoisotopic (exact) mass is 274 g/mol. The van der Waals surface area contributed by atoms with Crippen molar-refractivity contribution in [3.8, 4) is 0 Å². The van der Waals surface area contributed by atoms with Gasteiger partial charge in [-0.25, -0.2) is 0 Å². The fourth-order valence-electron chi connectivity index (χ4n) is 2.44. The first kappa shape index (κ1) is 14.6. The van der Waals surface area contributed by atoms with E-state index >= 15 is 0 Å². The third kappa shape index (κ3) is 3.21. The maximum absolute atomic E-state index is 5.91. The van der Waals surface area contributed by atoms with Crippen molar-refractivity contribution in [2.45, 2.75) is 69.5 Å². The molecule has 2 aliphatic rings. The Balaban J connectivity index is 1.88. The molecule has 0 bridgehead atoms. The van der Waals surface area contributed by atoms with Crippen molar-refractivity contribution in [2.75, 3.05) is 13.2 Å². The van der Waals surface area contributed by atoms with E-state index in [1.165, 1.54) is 0 Å². The molecule has 106 valence electrons. The lowest BCUT2D eigenvalue weighted by Crippen LogP contribution is -2.34. The van der Waals surface area contributed by atoms with Crippen molar-refractivity contribution in [3.63, 3.8) is 0 Å². The normalized spacial score (nSPS) is 37.5. The molecule has 0 N–H and O–H groups in total. The fourth-order valence-corrected chi connectivity index (χ4v) is 3.86. The van der Waals surface area contributed by atoms with Crippen LogP contribution in [0.5, 0.6) is 0 Å². The van der Waals surface area contributed by atoms with Crippen LogP contribution in [0.25, 0.3) is 0 Å². The average molecular weight is 274 g/mol. The lowest BCUT2D eigenvalue weighted by Gasteiger charge is -2.22. The van der Waals surface area contributed by atoms with Crippen LogP contribution in [0.15, 0.2) is 0 Å². The molecular formula is C14H26O3S. The van der Waals surface area contributed by atoms with Gasteiger partial charge in [-0.2, -0.15) is 0 Å². The van der Waals surface area contributed by atoms with Gasteiger partial charge in [0.05, 0.1) is 24.6 Å². The van der Waals surface area contributed by atoms with Gasteiger partial charge in [-0.1, -0.05) is 20.8 Å². The third-order valence-electron chi connectivity index (χ3n) is 3.74. The van der Waals surface area contributed by atoms with E-state index in [1.807, 2.05) is 11.8 Å². The van der Waals surface area contributed by atoms with Crippen molar-refractivity contribution in [2.24, 2.45) is 5.92 Å². The number of fused-ring (bicyclic) bond motifs is 1. The molecule has 2 rings (SSSR count). The first-order valence-electron chi connectivity index (χ1n) is 7.03. The molecule has 2 heterocycles. The smallest absolute Gasteiger partial charge is 0.113 e. The van der Waals surface area contributed by atoms with Gasteiger partial charge in [0.1, 0.15) is 18.3 Å². The first-order chi connectivity index (χ1) is 8.49.